The number of ether oxygens (including phenoxy) is 3. The smallest absolute Gasteiger partial charge is 0.300 e. The van der Waals surface area contributed by atoms with Gasteiger partial charge in [0.05, 0.1) is 32.9 Å². The van der Waals surface area contributed by atoms with Gasteiger partial charge in [0, 0.05) is 23.6 Å². The number of anilines is 1. The van der Waals surface area contributed by atoms with Crippen LogP contribution in [0, 0.1) is 0 Å². The van der Waals surface area contributed by atoms with Gasteiger partial charge >= 0.3 is 0 Å². The van der Waals surface area contributed by atoms with E-state index in [1.807, 2.05) is 0 Å². The molecule has 1 amide bonds. The van der Waals surface area contributed by atoms with Crippen molar-refractivity contribution in [2.75, 3.05) is 26.2 Å². The quantitative estimate of drug-likeness (QED) is 0.350. The summed E-state index contributed by atoms with van der Waals surface area (Å²) in [5.74, 6) is -0.416. The molecule has 1 atom stereocenters. The Hall–Kier alpha value is -4.33. The van der Waals surface area contributed by atoms with E-state index >= 15 is 0 Å². The second-order valence-corrected chi connectivity index (χ2v) is 7.22. The lowest BCUT2D eigenvalue weighted by Gasteiger charge is -2.25. The van der Waals surface area contributed by atoms with Crippen LogP contribution < -0.4 is 19.1 Å². The standard InChI is InChI=1S/C25H22N2O6/c1-31-18-9-7-17(8-10-18)27-22(16-5-4-12-26-14-16)21(24(29)25(27)30)23(28)15-6-11-19(32-2)20(13-15)33-3/h4-14,22,28H,1-3H3/b23-21-. The summed E-state index contributed by atoms with van der Waals surface area (Å²) in [6, 6.07) is 14.1. The number of aliphatic hydroxyl groups excluding tert-OH is 1. The number of rotatable bonds is 6. The number of pyridine rings is 1. The third-order valence-corrected chi connectivity index (χ3v) is 5.45. The number of methoxy groups -OCH3 is 3. The monoisotopic (exact) mass is 446 g/mol. The number of carbonyl (C=O) groups excluding carboxylic acids is 2. The number of carbonyl (C=O) groups is 2. The molecule has 1 unspecified atom stereocenters. The maximum Gasteiger partial charge on any atom is 0.300 e. The van der Waals surface area contributed by atoms with Gasteiger partial charge in [0.1, 0.15) is 11.5 Å². The van der Waals surface area contributed by atoms with Crippen molar-refractivity contribution in [3.05, 3.63) is 83.7 Å². The lowest BCUT2D eigenvalue weighted by Crippen LogP contribution is -2.29. The fourth-order valence-electron chi connectivity index (χ4n) is 3.83. The number of aliphatic hydroxyl groups is 1. The van der Waals surface area contributed by atoms with Gasteiger partial charge in [-0.2, -0.15) is 0 Å². The molecule has 168 valence electrons. The van der Waals surface area contributed by atoms with Crippen molar-refractivity contribution in [2.45, 2.75) is 6.04 Å². The van der Waals surface area contributed by atoms with Crippen LogP contribution in [0.25, 0.3) is 5.76 Å². The second kappa shape index (κ2) is 9.04. The highest BCUT2D eigenvalue weighted by Gasteiger charge is 2.47. The van der Waals surface area contributed by atoms with Gasteiger partial charge in [-0.15, -0.1) is 0 Å². The first-order valence-corrected chi connectivity index (χ1v) is 10.1. The summed E-state index contributed by atoms with van der Waals surface area (Å²) < 4.78 is 15.8. The molecule has 0 radical (unpaired) electrons. The normalized spacial score (nSPS) is 17.2. The Labute approximate surface area is 190 Å². The first-order valence-electron chi connectivity index (χ1n) is 10.1. The molecule has 1 aliphatic rings. The van der Waals surface area contributed by atoms with E-state index in [1.165, 1.54) is 19.1 Å². The zero-order chi connectivity index (χ0) is 23.5. The molecule has 2 aromatic carbocycles. The van der Waals surface area contributed by atoms with Crippen LogP contribution in [0.5, 0.6) is 17.2 Å². The average molecular weight is 446 g/mol. The van der Waals surface area contributed by atoms with Gasteiger partial charge in [-0.1, -0.05) is 6.07 Å². The van der Waals surface area contributed by atoms with E-state index in [2.05, 4.69) is 4.98 Å². The minimum absolute atomic E-state index is 0.0453. The lowest BCUT2D eigenvalue weighted by atomic mass is 9.96. The second-order valence-electron chi connectivity index (χ2n) is 7.22. The van der Waals surface area contributed by atoms with Gasteiger partial charge in [-0.3, -0.25) is 19.5 Å². The van der Waals surface area contributed by atoms with Crippen LogP contribution in [0.4, 0.5) is 5.69 Å². The summed E-state index contributed by atoms with van der Waals surface area (Å²) in [7, 11) is 4.51. The minimum Gasteiger partial charge on any atom is -0.507 e. The van der Waals surface area contributed by atoms with Gasteiger partial charge < -0.3 is 19.3 Å². The summed E-state index contributed by atoms with van der Waals surface area (Å²) in [6.45, 7) is 0. The number of hydrogen-bond donors (Lipinski definition) is 1. The first-order chi connectivity index (χ1) is 16.0. The van der Waals surface area contributed by atoms with E-state index in [0.717, 1.165) is 0 Å². The number of amides is 1. The Morgan fingerprint density at radius 3 is 2.27 bits per heavy atom. The molecule has 4 rings (SSSR count). The molecule has 0 bridgehead atoms. The average Bonchev–Trinajstić information content (AvgIpc) is 3.14. The summed E-state index contributed by atoms with van der Waals surface area (Å²) in [4.78, 5) is 31.8. The summed E-state index contributed by atoms with van der Waals surface area (Å²) >= 11 is 0. The molecule has 0 spiro atoms. The van der Waals surface area contributed by atoms with E-state index in [1.54, 1.807) is 74.1 Å². The summed E-state index contributed by atoms with van der Waals surface area (Å²) in [5.41, 5.74) is 1.33. The molecule has 8 nitrogen and oxygen atoms in total. The third-order valence-electron chi connectivity index (χ3n) is 5.45. The Morgan fingerprint density at radius 1 is 0.939 bits per heavy atom. The van der Waals surface area contributed by atoms with Crippen molar-refractivity contribution in [2.24, 2.45) is 0 Å². The fraction of sp³-hybridized carbons (Fsp3) is 0.160. The van der Waals surface area contributed by atoms with Crippen molar-refractivity contribution in [1.29, 1.82) is 0 Å². The van der Waals surface area contributed by atoms with Crippen LogP contribution in [0.1, 0.15) is 17.2 Å². The molecule has 0 saturated carbocycles. The van der Waals surface area contributed by atoms with Gasteiger partial charge in [0.25, 0.3) is 11.7 Å². The predicted octanol–water partition coefficient (Wildman–Crippen LogP) is 3.73. The zero-order valence-corrected chi connectivity index (χ0v) is 18.3. The number of ketones is 1. The molecular weight excluding hydrogens is 424 g/mol. The minimum atomic E-state index is -0.875. The highest BCUT2D eigenvalue weighted by atomic mass is 16.5. The number of aromatic nitrogens is 1. The number of Topliss-reactive ketones (excluding diaryl/α,β-unsaturated/α-hetero) is 1. The van der Waals surface area contributed by atoms with Gasteiger partial charge in [0.15, 0.2) is 11.5 Å². The van der Waals surface area contributed by atoms with Gasteiger partial charge in [0.2, 0.25) is 0 Å². The van der Waals surface area contributed by atoms with Crippen molar-refractivity contribution < 1.29 is 28.9 Å². The van der Waals surface area contributed by atoms with Crippen LogP contribution in [-0.2, 0) is 9.59 Å². The molecule has 33 heavy (non-hydrogen) atoms. The van der Waals surface area contributed by atoms with Gasteiger partial charge in [-0.25, -0.2) is 0 Å². The van der Waals surface area contributed by atoms with E-state index < -0.39 is 17.7 Å². The highest BCUT2D eigenvalue weighted by molar-refractivity contribution is 6.51. The Morgan fingerprint density at radius 2 is 1.67 bits per heavy atom. The van der Waals surface area contributed by atoms with Crippen molar-refractivity contribution in [1.82, 2.24) is 4.98 Å². The number of hydrogen-bond acceptors (Lipinski definition) is 7. The molecule has 3 aromatic rings. The van der Waals surface area contributed by atoms with E-state index in [4.69, 9.17) is 14.2 Å². The summed E-state index contributed by atoms with van der Waals surface area (Å²) in [6.07, 6.45) is 3.16. The topological polar surface area (TPSA) is 98.2 Å². The maximum absolute atomic E-state index is 13.2. The van der Waals surface area contributed by atoms with E-state index in [-0.39, 0.29) is 11.3 Å². The largest absolute Gasteiger partial charge is 0.507 e. The van der Waals surface area contributed by atoms with Crippen molar-refractivity contribution >= 4 is 23.1 Å². The predicted molar refractivity (Wildman–Crippen MR) is 122 cm³/mol. The van der Waals surface area contributed by atoms with Crippen LogP contribution in [0.3, 0.4) is 0 Å². The first kappa shape index (κ1) is 21.9. The Bertz CT molecular complexity index is 1220. The van der Waals surface area contributed by atoms with Crippen LogP contribution in [0.15, 0.2) is 72.6 Å². The lowest BCUT2D eigenvalue weighted by molar-refractivity contribution is -0.132. The molecule has 1 aliphatic heterocycles. The molecule has 1 N–H and O–H groups in total. The maximum atomic E-state index is 13.2. The number of benzene rings is 2. The van der Waals surface area contributed by atoms with Crippen LogP contribution >= 0.6 is 0 Å². The molecule has 0 aliphatic carbocycles. The molecule has 2 heterocycles. The van der Waals surface area contributed by atoms with Gasteiger partial charge in [-0.05, 0) is 54.1 Å². The molecular formula is C25H22N2O6. The Kier molecular flexibility index (Phi) is 5.99. The highest BCUT2D eigenvalue weighted by Crippen LogP contribution is 2.43. The van der Waals surface area contributed by atoms with Crippen molar-refractivity contribution in [3.63, 3.8) is 0 Å². The number of nitrogens with zero attached hydrogens (tertiary/aromatic N) is 2. The van der Waals surface area contributed by atoms with E-state index in [0.29, 0.717) is 34.1 Å². The summed E-state index contributed by atoms with van der Waals surface area (Å²) in [5, 5.41) is 11.2. The van der Waals surface area contributed by atoms with Crippen LogP contribution in [-0.4, -0.2) is 43.1 Å². The van der Waals surface area contributed by atoms with Crippen molar-refractivity contribution in [3.8, 4) is 17.2 Å². The fourth-order valence-corrected chi connectivity index (χ4v) is 3.83. The third kappa shape index (κ3) is 3.87. The van der Waals surface area contributed by atoms with Crippen LogP contribution in [0.2, 0.25) is 0 Å². The Balaban J connectivity index is 1.90. The molecule has 1 saturated heterocycles. The molecule has 8 heteroatoms. The SMILES string of the molecule is COc1ccc(N2C(=O)C(=O)/C(=C(\O)c3ccc(OC)c(OC)c3)C2c2cccnc2)cc1. The molecule has 1 fully saturated rings. The molecule has 1 aromatic heterocycles. The van der Waals surface area contributed by atoms with E-state index in [9.17, 15) is 14.7 Å². The zero-order valence-electron chi connectivity index (χ0n) is 18.3.